The molecular weight excluding hydrogens is 354 g/mol. The number of rotatable bonds is 9. The summed E-state index contributed by atoms with van der Waals surface area (Å²) in [6.45, 7) is 0.663. The van der Waals surface area contributed by atoms with Gasteiger partial charge in [0.1, 0.15) is 5.75 Å². The molecule has 2 aromatic rings. The first-order valence-electron chi connectivity index (χ1n) is 9.92. The molecule has 5 nitrogen and oxygen atoms in total. The molecule has 0 saturated carbocycles. The van der Waals surface area contributed by atoms with Crippen LogP contribution >= 0.6 is 0 Å². The van der Waals surface area contributed by atoms with E-state index in [-0.39, 0.29) is 12.5 Å². The molecule has 150 valence electrons. The van der Waals surface area contributed by atoms with Crippen molar-refractivity contribution in [2.45, 2.75) is 38.5 Å². The predicted octanol–water partition coefficient (Wildman–Crippen LogP) is 3.71. The standard InChI is InChI=1S/C23H29NO4/c1-26-21-12-9-17(14-22(21)27-2)6-5-13-24-23(25)16-28-20-11-10-18-7-3-4-8-19(18)15-20/h9-12,14-15H,3-8,13,16H2,1-2H3,(H,24,25). The van der Waals surface area contributed by atoms with Gasteiger partial charge in [-0.15, -0.1) is 0 Å². The van der Waals surface area contributed by atoms with Crippen molar-refractivity contribution in [1.29, 1.82) is 0 Å². The lowest BCUT2D eigenvalue weighted by Crippen LogP contribution is -2.29. The predicted molar refractivity (Wildman–Crippen MR) is 109 cm³/mol. The second-order valence-electron chi connectivity index (χ2n) is 7.07. The number of methoxy groups -OCH3 is 2. The van der Waals surface area contributed by atoms with Crippen LogP contribution in [0.1, 0.15) is 36.0 Å². The lowest BCUT2D eigenvalue weighted by Gasteiger charge is -2.16. The van der Waals surface area contributed by atoms with Crippen LogP contribution in [0.25, 0.3) is 0 Å². The number of hydrogen-bond donors (Lipinski definition) is 1. The molecule has 28 heavy (non-hydrogen) atoms. The summed E-state index contributed by atoms with van der Waals surface area (Å²) in [4.78, 5) is 12.0. The van der Waals surface area contributed by atoms with Crippen LogP contribution in [0, 0.1) is 0 Å². The third kappa shape index (κ3) is 5.41. The fourth-order valence-electron chi connectivity index (χ4n) is 3.56. The first-order valence-corrected chi connectivity index (χ1v) is 9.92. The van der Waals surface area contributed by atoms with Gasteiger partial charge in [0, 0.05) is 6.54 Å². The van der Waals surface area contributed by atoms with E-state index in [2.05, 4.69) is 17.4 Å². The smallest absolute Gasteiger partial charge is 0.257 e. The number of nitrogens with one attached hydrogen (secondary N) is 1. The summed E-state index contributed by atoms with van der Waals surface area (Å²) in [5, 5.41) is 2.92. The molecule has 1 N–H and O–H groups in total. The Labute approximate surface area is 167 Å². The van der Waals surface area contributed by atoms with Gasteiger partial charge in [0.05, 0.1) is 14.2 Å². The van der Waals surface area contributed by atoms with E-state index >= 15 is 0 Å². The zero-order chi connectivity index (χ0) is 19.8. The molecule has 0 fully saturated rings. The van der Waals surface area contributed by atoms with Crippen LogP contribution in [-0.4, -0.2) is 33.3 Å². The lowest BCUT2D eigenvalue weighted by atomic mass is 9.92. The number of carbonyl (C=O) groups is 1. The quantitative estimate of drug-likeness (QED) is 0.671. The molecule has 0 spiro atoms. The molecule has 0 heterocycles. The van der Waals surface area contributed by atoms with Gasteiger partial charge in [0.2, 0.25) is 0 Å². The van der Waals surface area contributed by atoms with Gasteiger partial charge in [-0.3, -0.25) is 4.79 Å². The fourth-order valence-corrected chi connectivity index (χ4v) is 3.56. The maximum absolute atomic E-state index is 12.0. The molecule has 0 unspecified atom stereocenters. The van der Waals surface area contributed by atoms with E-state index in [1.807, 2.05) is 24.3 Å². The van der Waals surface area contributed by atoms with Crippen LogP contribution in [0.3, 0.4) is 0 Å². The molecular formula is C23H29NO4. The molecule has 3 rings (SSSR count). The van der Waals surface area contributed by atoms with E-state index in [1.54, 1.807) is 14.2 Å². The molecule has 0 saturated heterocycles. The van der Waals surface area contributed by atoms with E-state index in [0.717, 1.165) is 48.5 Å². The Morgan fingerprint density at radius 1 is 0.964 bits per heavy atom. The second-order valence-corrected chi connectivity index (χ2v) is 7.07. The van der Waals surface area contributed by atoms with Gasteiger partial charge in [-0.25, -0.2) is 0 Å². The number of carbonyl (C=O) groups excluding carboxylic acids is 1. The SMILES string of the molecule is COc1ccc(CCCNC(=O)COc2ccc3c(c2)CCCC3)cc1OC. The topological polar surface area (TPSA) is 56.8 Å². The van der Waals surface area contributed by atoms with Crippen molar-refractivity contribution in [3.8, 4) is 17.2 Å². The van der Waals surface area contributed by atoms with Crippen LogP contribution in [0.4, 0.5) is 0 Å². The highest BCUT2D eigenvalue weighted by Gasteiger charge is 2.11. The third-order valence-corrected chi connectivity index (χ3v) is 5.10. The van der Waals surface area contributed by atoms with Crippen molar-refractivity contribution in [3.05, 3.63) is 53.1 Å². The van der Waals surface area contributed by atoms with Crippen LogP contribution < -0.4 is 19.5 Å². The van der Waals surface area contributed by atoms with Crippen molar-refractivity contribution >= 4 is 5.91 Å². The molecule has 1 amide bonds. The Morgan fingerprint density at radius 2 is 1.75 bits per heavy atom. The molecule has 0 aliphatic heterocycles. The van der Waals surface area contributed by atoms with E-state index in [0.29, 0.717) is 6.54 Å². The highest BCUT2D eigenvalue weighted by Crippen LogP contribution is 2.28. The van der Waals surface area contributed by atoms with Gasteiger partial charge in [-0.1, -0.05) is 12.1 Å². The summed E-state index contributed by atoms with van der Waals surface area (Å²) < 4.78 is 16.2. The van der Waals surface area contributed by atoms with E-state index in [4.69, 9.17) is 14.2 Å². The molecule has 0 aromatic heterocycles. The van der Waals surface area contributed by atoms with E-state index < -0.39 is 0 Å². The molecule has 1 aliphatic rings. The summed E-state index contributed by atoms with van der Waals surface area (Å²) in [6.07, 6.45) is 6.45. The third-order valence-electron chi connectivity index (χ3n) is 5.10. The van der Waals surface area contributed by atoms with Gasteiger partial charge in [0.25, 0.3) is 5.91 Å². The Hall–Kier alpha value is -2.69. The summed E-state index contributed by atoms with van der Waals surface area (Å²) in [5.74, 6) is 2.13. The van der Waals surface area contributed by atoms with Crippen molar-refractivity contribution < 1.29 is 19.0 Å². The maximum atomic E-state index is 12.0. The van der Waals surface area contributed by atoms with Crippen LogP contribution in [0.5, 0.6) is 17.2 Å². The summed E-state index contributed by atoms with van der Waals surface area (Å²) in [6, 6.07) is 12.1. The maximum Gasteiger partial charge on any atom is 0.257 e. The van der Waals surface area contributed by atoms with Crippen molar-refractivity contribution in [1.82, 2.24) is 5.32 Å². The largest absolute Gasteiger partial charge is 0.493 e. The summed E-state index contributed by atoms with van der Waals surface area (Å²) >= 11 is 0. The highest BCUT2D eigenvalue weighted by molar-refractivity contribution is 5.77. The molecule has 0 bridgehead atoms. The number of aryl methyl sites for hydroxylation is 3. The number of amides is 1. The first kappa shape index (κ1) is 20.1. The van der Waals surface area contributed by atoms with E-state index in [1.165, 1.54) is 24.0 Å². The van der Waals surface area contributed by atoms with Gasteiger partial charge >= 0.3 is 0 Å². The second kappa shape index (κ2) is 10.0. The number of hydrogen-bond acceptors (Lipinski definition) is 4. The van der Waals surface area contributed by atoms with Gasteiger partial charge in [-0.05, 0) is 79.5 Å². The average Bonchev–Trinajstić information content (AvgIpc) is 2.74. The minimum Gasteiger partial charge on any atom is -0.493 e. The number of ether oxygens (including phenoxy) is 3. The minimum atomic E-state index is -0.0926. The van der Waals surface area contributed by atoms with Gasteiger partial charge in [0.15, 0.2) is 18.1 Å². The van der Waals surface area contributed by atoms with Crippen LogP contribution in [-0.2, 0) is 24.1 Å². The van der Waals surface area contributed by atoms with Gasteiger partial charge < -0.3 is 19.5 Å². The van der Waals surface area contributed by atoms with Crippen molar-refractivity contribution in [3.63, 3.8) is 0 Å². The molecule has 5 heteroatoms. The Bertz CT molecular complexity index is 803. The molecule has 2 aromatic carbocycles. The highest BCUT2D eigenvalue weighted by atomic mass is 16.5. The van der Waals surface area contributed by atoms with Gasteiger partial charge in [-0.2, -0.15) is 0 Å². The number of fused-ring (bicyclic) bond motifs is 1. The van der Waals surface area contributed by atoms with E-state index in [9.17, 15) is 4.79 Å². The first-order chi connectivity index (χ1) is 13.7. The lowest BCUT2D eigenvalue weighted by molar-refractivity contribution is -0.123. The molecule has 0 radical (unpaired) electrons. The molecule has 1 aliphatic carbocycles. The molecule has 0 atom stereocenters. The normalized spacial score (nSPS) is 12.8. The Morgan fingerprint density at radius 3 is 2.54 bits per heavy atom. The Kier molecular flexibility index (Phi) is 7.18. The average molecular weight is 383 g/mol. The zero-order valence-corrected chi connectivity index (χ0v) is 16.8. The van der Waals surface area contributed by atoms with Crippen molar-refractivity contribution in [2.24, 2.45) is 0 Å². The van der Waals surface area contributed by atoms with Crippen LogP contribution in [0.2, 0.25) is 0 Å². The fraction of sp³-hybridized carbons (Fsp3) is 0.435. The van der Waals surface area contributed by atoms with Crippen molar-refractivity contribution in [2.75, 3.05) is 27.4 Å². The number of benzene rings is 2. The zero-order valence-electron chi connectivity index (χ0n) is 16.8. The summed E-state index contributed by atoms with van der Waals surface area (Å²) in [7, 11) is 3.25. The van der Waals surface area contributed by atoms with Crippen LogP contribution in [0.15, 0.2) is 36.4 Å². The monoisotopic (exact) mass is 383 g/mol. The minimum absolute atomic E-state index is 0.0507. The summed E-state index contributed by atoms with van der Waals surface area (Å²) in [5.41, 5.74) is 3.93. The Balaban J connectivity index is 1.38.